The fourth-order valence-corrected chi connectivity index (χ4v) is 3.72. The van der Waals surface area contributed by atoms with E-state index in [0.717, 1.165) is 50.4 Å². The molecule has 1 aliphatic rings. The Morgan fingerprint density at radius 2 is 2.15 bits per heavy atom. The van der Waals surface area contributed by atoms with Crippen molar-refractivity contribution in [3.05, 3.63) is 36.2 Å². The Hall–Kier alpha value is -2.21. The number of rotatable bonds is 7. The number of aromatic nitrogens is 2. The van der Waals surface area contributed by atoms with Crippen molar-refractivity contribution >= 4 is 5.91 Å². The Morgan fingerprint density at radius 1 is 1.31 bits per heavy atom. The quantitative estimate of drug-likeness (QED) is 0.826. The van der Waals surface area contributed by atoms with Gasteiger partial charge in [0.2, 0.25) is 5.91 Å². The van der Waals surface area contributed by atoms with Crippen molar-refractivity contribution in [3.63, 3.8) is 0 Å². The van der Waals surface area contributed by atoms with E-state index in [9.17, 15) is 4.79 Å². The smallest absolute Gasteiger partial charge is 0.222 e. The van der Waals surface area contributed by atoms with Crippen molar-refractivity contribution in [2.45, 2.75) is 33.1 Å². The first-order valence-electron chi connectivity index (χ1n) is 9.56. The molecule has 3 rings (SSSR count). The molecule has 6 nitrogen and oxygen atoms in total. The molecule has 2 aromatic rings. The van der Waals surface area contributed by atoms with Gasteiger partial charge >= 0.3 is 0 Å². The van der Waals surface area contributed by atoms with Gasteiger partial charge in [0.1, 0.15) is 5.69 Å². The molecule has 26 heavy (non-hydrogen) atoms. The minimum atomic E-state index is 0.265. The maximum Gasteiger partial charge on any atom is 0.222 e. The molecule has 2 unspecified atom stereocenters. The van der Waals surface area contributed by atoms with Gasteiger partial charge in [0.25, 0.3) is 0 Å². The van der Waals surface area contributed by atoms with Crippen LogP contribution in [0.5, 0.6) is 0 Å². The molecule has 0 bridgehead atoms. The Morgan fingerprint density at radius 3 is 2.88 bits per heavy atom. The second-order valence-corrected chi connectivity index (χ2v) is 6.88. The van der Waals surface area contributed by atoms with Gasteiger partial charge in [0.05, 0.1) is 5.69 Å². The average molecular weight is 356 g/mol. The van der Waals surface area contributed by atoms with Crippen molar-refractivity contribution in [3.8, 4) is 11.5 Å². The van der Waals surface area contributed by atoms with Crippen LogP contribution < -0.4 is 5.32 Å². The summed E-state index contributed by atoms with van der Waals surface area (Å²) in [5.74, 6) is 1.74. The van der Waals surface area contributed by atoms with Crippen LogP contribution in [-0.2, 0) is 11.2 Å². The zero-order valence-corrected chi connectivity index (χ0v) is 15.6. The van der Waals surface area contributed by atoms with E-state index in [4.69, 9.17) is 4.52 Å². The van der Waals surface area contributed by atoms with Gasteiger partial charge in [-0.05, 0) is 63.7 Å². The number of nitrogens with zero attached hydrogens (tertiary/aromatic N) is 3. The highest BCUT2D eigenvalue weighted by Crippen LogP contribution is 2.28. The first-order chi connectivity index (χ1) is 12.7. The highest BCUT2D eigenvalue weighted by molar-refractivity contribution is 5.76. The number of pyridine rings is 1. The largest absolute Gasteiger partial charge is 0.354 e. The highest BCUT2D eigenvalue weighted by atomic mass is 16.5. The van der Waals surface area contributed by atoms with E-state index in [1.165, 1.54) is 0 Å². The normalized spacial score (nSPS) is 20.1. The van der Waals surface area contributed by atoms with E-state index in [0.29, 0.717) is 24.0 Å². The van der Waals surface area contributed by atoms with Gasteiger partial charge in [-0.3, -0.25) is 9.78 Å². The van der Waals surface area contributed by atoms with Crippen LogP contribution in [0, 0.1) is 11.8 Å². The number of amides is 1. The van der Waals surface area contributed by atoms with Crippen molar-refractivity contribution in [2.75, 3.05) is 26.2 Å². The van der Waals surface area contributed by atoms with Crippen LogP contribution in [0.25, 0.3) is 11.5 Å². The lowest BCUT2D eigenvalue weighted by molar-refractivity contribution is -0.132. The predicted molar refractivity (Wildman–Crippen MR) is 100 cm³/mol. The monoisotopic (exact) mass is 356 g/mol. The number of carbonyl (C=O) groups is 1. The van der Waals surface area contributed by atoms with Gasteiger partial charge in [-0.15, -0.1) is 0 Å². The number of hydrogen-bond acceptors (Lipinski definition) is 5. The zero-order chi connectivity index (χ0) is 18.4. The van der Waals surface area contributed by atoms with E-state index >= 15 is 0 Å². The third kappa shape index (κ3) is 4.49. The van der Waals surface area contributed by atoms with Crippen LogP contribution in [0.1, 0.15) is 32.4 Å². The molecule has 140 valence electrons. The number of carbonyl (C=O) groups excluding carboxylic acids is 1. The van der Waals surface area contributed by atoms with Gasteiger partial charge < -0.3 is 14.7 Å². The van der Waals surface area contributed by atoms with Gasteiger partial charge in [0, 0.05) is 31.8 Å². The Bertz CT molecular complexity index is 697. The van der Waals surface area contributed by atoms with Crippen LogP contribution in [0.3, 0.4) is 0 Å². The summed E-state index contributed by atoms with van der Waals surface area (Å²) in [6.07, 6.45) is 4.22. The summed E-state index contributed by atoms with van der Waals surface area (Å²) in [6.45, 7) is 7.53. The molecule has 1 saturated heterocycles. The molecule has 0 aliphatic carbocycles. The second-order valence-electron chi connectivity index (χ2n) is 6.88. The summed E-state index contributed by atoms with van der Waals surface area (Å²) in [4.78, 5) is 18.8. The molecular weight excluding hydrogens is 328 g/mol. The lowest BCUT2D eigenvalue weighted by Gasteiger charge is -2.32. The Kier molecular flexibility index (Phi) is 6.39. The molecule has 6 heteroatoms. The standard InChI is InChI=1S/C20H28N4O2/c1-3-24(4-2)20(25)12-15-8-10-21-14-16(15)11-17-13-19(26-23-17)18-7-5-6-9-22-18/h5-7,9,13,15-16,21H,3-4,8,10-12,14H2,1-2H3. The van der Waals surface area contributed by atoms with Crippen molar-refractivity contribution < 1.29 is 9.32 Å². The zero-order valence-electron chi connectivity index (χ0n) is 15.6. The SMILES string of the molecule is CCN(CC)C(=O)CC1CCNCC1Cc1cc(-c2ccccn2)on1. The second kappa shape index (κ2) is 8.94. The third-order valence-electron chi connectivity index (χ3n) is 5.27. The minimum Gasteiger partial charge on any atom is -0.354 e. The number of piperidine rings is 1. The van der Waals surface area contributed by atoms with Crippen LogP contribution >= 0.6 is 0 Å². The summed E-state index contributed by atoms with van der Waals surface area (Å²) in [7, 11) is 0. The van der Waals surface area contributed by atoms with Gasteiger partial charge in [-0.25, -0.2) is 0 Å². The van der Waals surface area contributed by atoms with Crippen molar-refractivity contribution in [2.24, 2.45) is 11.8 Å². The summed E-state index contributed by atoms with van der Waals surface area (Å²) in [6, 6.07) is 7.70. The molecule has 0 spiro atoms. The first-order valence-corrected chi connectivity index (χ1v) is 9.56. The Labute approximate surface area is 155 Å². The van der Waals surface area contributed by atoms with E-state index in [-0.39, 0.29) is 5.91 Å². The fraction of sp³-hybridized carbons (Fsp3) is 0.550. The molecule has 1 amide bonds. The third-order valence-corrected chi connectivity index (χ3v) is 5.27. The fourth-order valence-electron chi connectivity index (χ4n) is 3.72. The number of nitrogens with one attached hydrogen (secondary N) is 1. The lowest BCUT2D eigenvalue weighted by Crippen LogP contribution is -2.41. The molecule has 1 aliphatic heterocycles. The Balaban J connectivity index is 1.65. The van der Waals surface area contributed by atoms with Crippen LogP contribution in [-0.4, -0.2) is 47.1 Å². The highest BCUT2D eigenvalue weighted by Gasteiger charge is 2.29. The van der Waals surface area contributed by atoms with Crippen LogP contribution in [0.2, 0.25) is 0 Å². The van der Waals surface area contributed by atoms with E-state index in [2.05, 4.69) is 15.5 Å². The summed E-state index contributed by atoms with van der Waals surface area (Å²) in [5, 5.41) is 7.69. The molecule has 0 radical (unpaired) electrons. The molecular formula is C20H28N4O2. The summed E-state index contributed by atoms with van der Waals surface area (Å²) >= 11 is 0. The number of hydrogen-bond donors (Lipinski definition) is 1. The van der Waals surface area contributed by atoms with Gasteiger partial charge in [-0.1, -0.05) is 11.2 Å². The predicted octanol–water partition coefficient (Wildman–Crippen LogP) is 2.76. The average Bonchev–Trinajstić information content (AvgIpc) is 3.14. The molecule has 1 N–H and O–H groups in total. The van der Waals surface area contributed by atoms with E-state index in [1.807, 2.05) is 43.0 Å². The molecule has 2 aromatic heterocycles. The van der Waals surface area contributed by atoms with Crippen molar-refractivity contribution in [1.29, 1.82) is 0 Å². The van der Waals surface area contributed by atoms with E-state index in [1.54, 1.807) is 6.20 Å². The van der Waals surface area contributed by atoms with Gasteiger partial charge in [0.15, 0.2) is 5.76 Å². The first kappa shape index (κ1) is 18.6. The van der Waals surface area contributed by atoms with Gasteiger partial charge in [-0.2, -0.15) is 0 Å². The molecule has 2 atom stereocenters. The van der Waals surface area contributed by atoms with E-state index < -0.39 is 0 Å². The maximum absolute atomic E-state index is 12.5. The summed E-state index contributed by atoms with van der Waals surface area (Å²) in [5.41, 5.74) is 1.72. The molecule has 0 saturated carbocycles. The maximum atomic E-state index is 12.5. The van der Waals surface area contributed by atoms with Crippen LogP contribution in [0.4, 0.5) is 0 Å². The van der Waals surface area contributed by atoms with Crippen LogP contribution in [0.15, 0.2) is 35.0 Å². The topological polar surface area (TPSA) is 71.3 Å². The molecule has 0 aromatic carbocycles. The lowest BCUT2D eigenvalue weighted by atomic mass is 9.81. The minimum absolute atomic E-state index is 0.265. The van der Waals surface area contributed by atoms with Crippen molar-refractivity contribution in [1.82, 2.24) is 20.4 Å². The molecule has 1 fully saturated rings. The molecule has 3 heterocycles. The summed E-state index contributed by atoms with van der Waals surface area (Å²) < 4.78 is 5.47.